The van der Waals surface area contributed by atoms with Gasteiger partial charge < -0.3 is 24.6 Å². The fourth-order valence-electron chi connectivity index (χ4n) is 4.31. The van der Waals surface area contributed by atoms with Crippen molar-refractivity contribution in [2.45, 2.75) is 63.7 Å². The van der Waals surface area contributed by atoms with Gasteiger partial charge in [0, 0.05) is 52.3 Å². The molecular weight excluding hydrogens is 459 g/mol. The van der Waals surface area contributed by atoms with Crippen molar-refractivity contribution in [3.8, 4) is 0 Å². The monoisotopic (exact) mass is 494 g/mol. The molecule has 1 amide bonds. The number of aliphatic imine (C=N–C) groups is 1. The van der Waals surface area contributed by atoms with E-state index in [1.165, 1.54) is 0 Å². The molecule has 0 aromatic carbocycles. The molecule has 3 unspecified atom stereocenters. The van der Waals surface area contributed by atoms with E-state index >= 15 is 0 Å². The predicted octanol–water partition coefficient (Wildman–Crippen LogP) is 1.85. The van der Waals surface area contributed by atoms with Crippen molar-refractivity contribution < 1.29 is 14.3 Å². The van der Waals surface area contributed by atoms with Gasteiger partial charge in [-0.1, -0.05) is 6.92 Å². The largest absolute Gasteiger partial charge is 0.375 e. The topological polar surface area (TPSA) is 66.4 Å². The van der Waals surface area contributed by atoms with E-state index in [0.29, 0.717) is 25.0 Å². The lowest BCUT2D eigenvalue weighted by atomic mass is 10.1. The zero-order valence-electron chi connectivity index (χ0n) is 16.7. The van der Waals surface area contributed by atoms with Crippen LogP contribution < -0.4 is 5.32 Å². The van der Waals surface area contributed by atoms with Crippen LogP contribution in [0.3, 0.4) is 0 Å². The van der Waals surface area contributed by atoms with Crippen molar-refractivity contribution in [1.29, 1.82) is 0 Å². The van der Waals surface area contributed by atoms with Gasteiger partial charge in [0.1, 0.15) is 6.10 Å². The molecule has 0 radical (unpaired) electrons. The van der Waals surface area contributed by atoms with Crippen molar-refractivity contribution in [1.82, 2.24) is 15.1 Å². The number of ether oxygens (including phenoxy) is 2. The molecule has 27 heavy (non-hydrogen) atoms. The molecule has 3 heterocycles. The fourth-order valence-corrected chi connectivity index (χ4v) is 4.31. The van der Waals surface area contributed by atoms with Gasteiger partial charge in [-0.15, -0.1) is 24.0 Å². The van der Waals surface area contributed by atoms with Crippen LogP contribution in [0.1, 0.15) is 45.4 Å². The van der Waals surface area contributed by atoms with E-state index in [1.807, 2.05) is 7.05 Å². The number of hydrogen-bond acceptors (Lipinski definition) is 4. The third kappa shape index (κ3) is 5.93. The Morgan fingerprint density at radius 2 is 2.07 bits per heavy atom. The van der Waals surface area contributed by atoms with Gasteiger partial charge in [0.15, 0.2) is 5.96 Å². The maximum Gasteiger partial charge on any atom is 0.222 e. The van der Waals surface area contributed by atoms with Crippen molar-refractivity contribution in [2.75, 3.05) is 46.4 Å². The highest BCUT2D eigenvalue weighted by molar-refractivity contribution is 14.0. The summed E-state index contributed by atoms with van der Waals surface area (Å²) < 4.78 is 11.7. The molecule has 3 rings (SSSR count). The Morgan fingerprint density at radius 3 is 2.70 bits per heavy atom. The molecule has 3 aliphatic heterocycles. The number of carbonyl (C=O) groups excluding carboxylic acids is 1. The first-order chi connectivity index (χ1) is 12.7. The van der Waals surface area contributed by atoms with Gasteiger partial charge in [0.2, 0.25) is 5.91 Å². The summed E-state index contributed by atoms with van der Waals surface area (Å²) in [5.74, 6) is 1.24. The highest BCUT2D eigenvalue weighted by Crippen LogP contribution is 2.21. The Morgan fingerprint density at radius 1 is 1.26 bits per heavy atom. The van der Waals surface area contributed by atoms with Crippen LogP contribution >= 0.6 is 24.0 Å². The Kier molecular flexibility index (Phi) is 9.58. The summed E-state index contributed by atoms with van der Waals surface area (Å²) in [6, 6.07) is 0.333. The maximum atomic E-state index is 12.0. The first-order valence-electron chi connectivity index (χ1n) is 10.2. The summed E-state index contributed by atoms with van der Waals surface area (Å²) >= 11 is 0. The van der Waals surface area contributed by atoms with Crippen LogP contribution in [-0.2, 0) is 14.3 Å². The average molecular weight is 494 g/mol. The smallest absolute Gasteiger partial charge is 0.222 e. The third-order valence-corrected chi connectivity index (χ3v) is 5.77. The van der Waals surface area contributed by atoms with Crippen molar-refractivity contribution in [2.24, 2.45) is 4.99 Å². The van der Waals surface area contributed by atoms with Crippen LogP contribution in [0.2, 0.25) is 0 Å². The van der Waals surface area contributed by atoms with E-state index in [2.05, 4.69) is 27.0 Å². The van der Waals surface area contributed by atoms with Gasteiger partial charge in [0.05, 0.1) is 12.7 Å². The summed E-state index contributed by atoms with van der Waals surface area (Å²) in [5.41, 5.74) is 0. The molecule has 0 spiro atoms. The summed E-state index contributed by atoms with van der Waals surface area (Å²) in [7, 11) is 1.83. The molecule has 3 fully saturated rings. The van der Waals surface area contributed by atoms with Crippen LogP contribution in [0.4, 0.5) is 0 Å². The van der Waals surface area contributed by atoms with Gasteiger partial charge in [0.25, 0.3) is 0 Å². The molecule has 0 aromatic heterocycles. The quantitative estimate of drug-likeness (QED) is 0.347. The van der Waals surface area contributed by atoms with Gasteiger partial charge in [-0.05, 0) is 32.1 Å². The van der Waals surface area contributed by atoms with Crippen LogP contribution in [0.15, 0.2) is 4.99 Å². The van der Waals surface area contributed by atoms with E-state index < -0.39 is 0 Å². The number of guanidine groups is 1. The number of rotatable bonds is 6. The molecule has 8 heteroatoms. The van der Waals surface area contributed by atoms with Gasteiger partial charge >= 0.3 is 0 Å². The zero-order valence-corrected chi connectivity index (χ0v) is 19.0. The number of carbonyl (C=O) groups is 1. The Hall–Kier alpha value is -0.610. The van der Waals surface area contributed by atoms with Gasteiger partial charge in [-0.3, -0.25) is 9.79 Å². The molecule has 0 aromatic rings. The Balaban J connectivity index is 0.00000261. The molecular formula is C19H35IN4O3. The van der Waals surface area contributed by atoms with Crippen molar-refractivity contribution >= 4 is 35.8 Å². The van der Waals surface area contributed by atoms with E-state index in [9.17, 15) is 4.79 Å². The first kappa shape index (κ1) is 22.7. The molecule has 1 N–H and O–H groups in total. The van der Waals surface area contributed by atoms with Crippen LogP contribution in [0.25, 0.3) is 0 Å². The second-order valence-corrected chi connectivity index (χ2v) is 7.42. The summed E-state index contributed by atoms with van der Waals surface area (Å²) in [4.78, 5) is 20.8. The highest BCUT2D eigenvalue weighted by Gasteiger charge is 2.32. The normalized spacial score (nSPS) is 27.6. The van der Waals surface area contributed by atoms with E-state index in [0.717, 1.165) is 70.8 Å². The molecule has 3 saturated heterocycles. The molecule has 3 atom stereocenters. The molecule has 0 aliphatic carbocycles. The van der Waals surface area contributed by atoms with E-state index in [-0.39, 0.29) is 36.2 Å². The van der Waals surface area contributed by atoms with Crippen molar-refractivity contribution in [3.05, 3.63) is 0 Å². The third-order valence-electron chi connectivity index (χ3n) is 5.77. The maximum absolute atomic E-state index is 12.0. The van der Waals surface area contributed by atoms with E-state index in [1.54, 1.807) is 0 Å². The van der Waals surface area contributed by atoms with Gasteiger partial charge in [-0.25, -0.2) is 0 Å². The molecule has 7 nitrogen and oxygen atoms in total. The number of nitrogens with zero attached hydrogens (tertiary/aromatic N) is 3. The van der Waals surface area contributed by atoms with Crippen LogP contribution in [0.5, 0.6) is 0 Å². The Labute approximate surface area is 180 Å². The average Bonchev–Trinajstić information content (AvgIpc) is 3.34. The fraction of sp³-hybridized carbons (Fsp3) is 0.895. The second-order valence-electron chi connectivity index (χ2n) is 7.42. The van der Waals surface area contributed by atoms with Crippen LogP contribution in [-0.4, -0.2) is 86.4 Å². The minimum absolute atomic E-state index is 0. The molecule has 3 aliphatic rings. The number of morpholine rings is 1. The predicted molar refractivity (Wildman–Crippen MR) is 117 cm³/mol. The lowest BCUT2D eigenvalue weighted by Crippen LogP contribution is -2.53. The first-order valence-corrected chi connectivity index (χ1v) is 10.2. The second kappa shape index (κ2) is 11.4. The highest BCUT2D eigenvalue weighted by atomic mass is 127. The number of halogens is 1. The summed E-state index contributed by atoms with van der Waals surface area (Å²) in [6.45, 7) is 7.15. The lowest BCUT2D eigenvalue weighted by molar-refractivity contribution is -0.129. The molecule has 0 bridgehead atoms. The standard InChI is InChI=1S/C19H34N4O3.HI/c1-3-15(23-10-4-7-18(23)24)8-9-21-19(20-2)22-11-13-26-17(14-22)16-6-5-12-25-16;/h15-17H,3-14H2,1-2H3,(H,20,21);1H. The van der Waals surface area contributed by atoms with Gasteiger partial charge in [-0.2, -0.15) is 0 Å². The van der Waals surface area contributed by atoms with Crippen LogP contribution in [0, 0.1) is 0 Å². The summed E-state index contributed by atoms with van der Waals surface area (Å²) in [5, 5.41) is 3.49. The number of hydrogen-bond donors (Lipinski definition) is 1. The number of likely N-dealkylation sites (tertiary alicyclic amines) is 1. The van der Waals surface area contributed by atoms with E-state index in [4.69, 9.17) is 9.47 Å². The van der Waals surface area contributed by atoms with Crippen molar-refractivity contribution in [3.63, 3.8) is 0 Å². The summed E-state index contributed by atoms with van der Waals surface area (Å²) in [6.07, 6.45) is 6.26. The number of nitrogens with one attached hydrogen (secondary N) is 1. The minimum Gasteiger partial charge on any atom is -0.375 e. The minimum atomic E-state index is 0. The number of amides is 1. The SMILES string of the molecule is CCC(CCNC(=NC)N1CCOC(C2CCCO2)C1)N1CCCC1=O.I. The lowest BCUT2D eigenvalue weighted by Gasteiger charge is -2.37. The molecule has 156 valence electrons. The molecule has 0 saturated carbocycles. The zero-order chi connectivity index (χ0) is 18.4. The Bertz CT molecular complexity index is 499.